The van der Waals surface area contributed by atoms with E-state index in [9.17, 15) is 17.6 Å². The molecule has 6 nitrogen and oxygen atoms in total. The van der Waals surface area contributed by atoms with Crippen molar-refractivity contribution in [1.82, 2.24) is 0 Å². The summed E-state index contributed by atoms with van der Waals surface area (Å²) < 4.78 is 40.9. The Labute approximate surface area is 137 Å². The molecule has 0 saturated carbocycles. The zero-order valence-corrected chi connectivity index (χ0v) is 13.4. The molecule has 0 saturated heterocycles. The van der Waals surface area contributed by atoms with Gasteiger partial charge in [-0.15, -0.1) is 0 Å². The molecule has 0 aliphatic heterocycles. The molecule has 0 aliphatic carbocycles. The Morgan fingerprint density at radius 1 is 1.26 bits per heavy atom. The topological polar surface area (TPSA) is 98.5 Å². The van der Waals surface area contributed by atoms with Crippen molar-refractivity contribution in [3.05, 3.63) is 52.8 Å². The molecule has 3 N–H and O–H groups in total. The van der Waals surface area contributed by atoms with Gasteiger partial charge in [0.05, 0.1) is 22.6 Å². The van der Waals surface area contributed by atoms with Gasteiger partial charge in [0.1, 0.15) is 11.6 Å². The lowest BCUT2D eigenvalue weighted by Gasteiger charge is -2.11. The van der Waals surface area contributed by atoms with Crippen LogP contribution in [-0.2, 0) is 10.0 Å². The minimum Gasteiger partial charge on any atom is -0.496 e. The second kappa shape index (κ2) is 6.53. The minimum absolute atomic E-state index is 0.0422. The van der Waals surface area contributed by atoms with E-state index in [0.29, 0.717) is 0 Å². The second-order valence-electron chi connectivity index (χ2n) is 4.49. The summed E-state index contributed by atoms with van der Waals surface area (Å²) in [4.78, 5) is 12.1. The normalized spacial score (nSPS) is 11.1. The van der Waals surface area contributed by atoms with E-state index in [2.05, 4.69) is 5.32 Å². The summed E-state index contributed by atoms with van der Waals surface area (Å²) >= 11 is 5.64. The fraction of sp³-hybridized carbons (Fsp3) is 0.0714. The number of primary sulfonamides is 1. The van der Waals surface area contributed by atoms with Crippen molar-refractivity contribution in [2.75, 3.05) is 12.4 Å². The maximum atomic E-state index is 13.1. The molecule has 0 bridgehead atoms. The van der Waals surface area contributed by atoms with E-state index in [1.54, 1.807) is 0 Å². The van der Waals surface area contributed by atoms with Crippen molar-refractivity contribution in [1.29, 1.82) is 0 Å². The number of rotatable bonds is 4. The highest BCUT2D eigenvalue weighted by Gasteiger charge is 2.17. The highest BCUT2D eigenvalue weighted by Crippen LogP contribution is 2.24. The van der Waals surface area contributed by atoms with Gasteiger partial charge in [-0.3, -0.25) is 4.79 Å². The molecule has 0 aliphatic rings. The van der Waals surface area contributed by atoms with Crippen LogP contribution in [0.4, 0.5) is 10.1 Å². The molecular weight excluding hydrogens is 347 g/mol. The van der Waals surface area contributed by atoms with Crippen LogP contribution in [0.25, 0.3) is 0 Å². The first-order valence-electron chi connectivity index (χ1n) is 6.19. The summed E-state index contributed by atoms with van der Waals surface area (Å²) in [5, 5.41) is 7.36. The molecule has 2 aromatic carbocycles. The van der Waals surface area contributed by atoms with Crippen LogP contribution in [0.3, 0.4) is 0 Å². The molecule has 0 aromatic heterocycles. The molecule has 122 valence electrons. The van der Waals surface area contributed by atoms with Crippen LogP contribution in [0.1, 0.15) is 10.4 Å². The Morgan fingerprint density at radius 3 is 2.52 bits per heavy atom. The highest BCUT2D eigenvalue weighted by atomic mass is 35.5. The number of sulfonamides is 1. The number of amides is 1. The van der Waals surface area contributed by atoms with E-state index in [1.165, 1.54) is 31.4 Å². The lowest BCUT2D eigenvalue weighted by molar-refractivity contribution is 0.102. The third-order valence-corrected chi connectivity index (χ3v) is 4.12. The SMILES string of the molecule is COc1ccc(S(N)(=O)=O)cc1C(=O)Nc1ccc(F)c(Cl)c1. The summed E-state index contributed by atoms with van der Waals surface area (Å²) in [5.41, 5.74) is 0.198. The third kappa shape index (κ3) is 3.98. The number of carbonyl (C=O) groups excluding carboxylic acids is 1. The maximum Gasteiger partial charge on any atom is 0.259 e. The molecule has 0 atom stereocenters. The van der Waals surface area contributed by atoms with Crippen LogP contribution in [0.2, 0.25) is 5.02 Å². The molecule has 2 aromatic rings. The molecule has 0 unspecified atom stereocenters. The second-order valence-corrected chi connectivity index (χ2v) is 6.46. The molecule has 0 heterocycles. The van der Waals surface area contributed by atoms with Gasteiger partial charge >= 0.3 is 0 Å². The standard InChI is InChI=1S/C14H12ClFN2O4S/c1-22-13-5-3-9(23(17,20)21)7-10(13)14(19)18-8-2-4-12(16)11(15)6-8/h2-7H,1H3,(H,18,19)(H2,17,20,21). The predicted octanol–water partition coefficient (Wildman–Crippen LogP) is 2.39. The quantitative estimate of drug-likeness (QED) is 0.876. The van der Waals surface area contributed by atoms with Gasteiger partial charge in [0.2, 0.25) is 10.0 Å². The third-order valence-electron chi connectivity index (χ3n) is 2.92. The van der Waals surface area contributed by atoms with Crippen molar-refractivity contribution in [3.8, 4) is 5.75 Å². The Hall–Kier alpha value is -2.16. The zero-order valence-electron chi connectivity index (χ0n) is 11.8. The molecule has 23 heavy (non-hydrogen) atoms. The van der Waals surface area contributed by atoms with Crippen LogP contribution in [0.5, 0.6) is 5.75 Å². The fourth-order valence-corrected chi connectivity index (χ4v) is 2.53. The summed E-state index contributed by atoms with van der Waals surface area (Å²) in [7, 11) is -2.64. The van der Waals surface area contributed by atoms with Crippen molar-refractivity contribution < 1.29 is 22.3 Å². The van der Waals surface area contributed by atoms with Crippen LogP contribution >= 0.6 is 11.6 Å². The van der Waals surface area contributed by atoms with E-state index in [4.69, 9.17) is 21.5 Å². The predicted molar refractivity (Wildman–Crippen MR) is 83.7 cm³/mol. The first-order chi connectivity index (χ1) is 10.7. The van der Waals surface area contributed by atoms with Crippen molar-refractivity contribution >= 4 is 33.2 Å². The number of ether oxygens (including phenoxy) is 1. The monoisotopic (exact) mass is 358 g/mol. The molecule has 9 heteroatoms. The fourth-order valence-electron chi connectivity index (χ4n) is 1.81. The molecule has 0 spiro atoms. The Morgan fingerprint density at radius 2 is 1.96 bits per heavy atom. The number of halogens is 2. The van der Waals surface area contributed by atoms with Gasteiger partial charge < -0.3 is 10.1 Å². The van der Waals surface area contributed by atoms with E-state index in [0.717, 1.165) is 12.1 Å². The summed E-state index contributed by atoms with van der Waals surface area (Å²) in [6, 6.07) is 7.26. The first kappa shape index (κ1) is 17.2. The molecular formula is C14H12ClFN2O4S. The van der Waals surface area contributed by atoms with Gasteiger partial charge in [0, 0.05) is 5.69 Å². The van der Waals surface area contributed by atoms with Crippen LogP contribution in [0.15, 0.2) is 41.3 Å². The number of nitrogens with two attached hydrogens (primary N) is 1. The largest absolute Gasteiger partial charge is 0.496 e. The summed E-state index contributed by atoms with van der Waals surface area (Å²) in [6.07, 6.45) is 0. The Kier molecular flexibility index (Phi) is 4.88. The lowest BCUT2D eigenvalue weighted by atomic mass is 10.2. The van der Waals surface area contributed by atoms with E-state index in [1.807, 2.05) is 0 Å². The van der Waals surface area contributed by atoms with Gasteiger partial charge in [-0.2, -0.15) is 0 Å². The average Bonchev–Trinajstić information content (AvgIpc) is 2.49. The maximum absolute atomic E-state index is 13.1. The summed E-state index contributed by atoms with van der Waals surface area (Å²) in [5.74, 6) is -1.13. The van der Waals surface area contributed by atoms with E-state index >= 15 is 0 Å². The molecule has 1 amide bonds. The minimum atomic E-state index is -3.98. The van der Waals surface area contributed by atoms with Crippen LogP contribution in [0, 0.1) is 5.82 Å². The number of nitrogens with one attached hydrogen (secondary N) is 1. The number of carbonyl (C=O) groups is 1. The van der Waals surface area contributed by atoms with Crippen molar-refractivity contribution in [2.45, 2.75) is 4.90 Å². The number of benzene rings is 2. The Balaban J connectivity index is 2.39. The van der Waals surface area contributed by atoms with E-state index in [-0.39, 0.29) is 26.9 Å². The van der Waals surface area contributed by atoms with E-state index < -0.39 is 21.7 Å². The van der Waals surface area contributed by atoms with Gasteiger partial charge in [-0.05, 0) is 36.4 Å². The molecule has 2 rings (SSSR count). The highest BCUT2D eigenvalue weighted by molar-refractivity contribution is 7.89. The lowest BCUT2D eigenvalue weighted by Crippen LogP contribution is -2.16. The Bertz CT molecular complexity index is 871. The van der Waals surface area contributed by atoms with Gasteiger partial charge in [-0.25, -0.2) is 17.9 Å². The molecule has 0 radical (unpaired) electrons. The van der Waals surface area contributed by atoms with Gasteiger partial charge in [-0.1, -0.05) is 11.6 Å². The number of methoxy groups -OCH3 is 1. The number of anilines is 1. The van der Waals surface area contributed by atoms with Crippen molar-refractivity contribution in [3.63, 3.8) is 0 Å². The summed E-state index contributed by atoms with van der Waals surface area (Å²) in [6.45, 7) is 0. The van der Waals surface area contributed by atoms with Crippen molar-refractivity contribution in [2.24, 2.45) is 5.14 Å². The number of hydrogen-bond donors (Lipinski definition) is 2. The van der Waals surface area contributed by atoms with Crippen LogP contribution in [-0.4, -0.2) is 21.4 Å². The van der Waals surface area contributed by atoms with Crippen LogP contribution < -0.4 is 15.2 Å². The zero-order chi connectivity index (χ0) is 17.2. The molecule has 0 fully saturated rings. The smallest absolute Gasteiger partial charge is 0.259 e. The van der Waals surface area contributed by atoms with Gasteiger partial charge in [0.15, 0.2) is 0 Å². The van der Waals surface area contributed by atoms with Gasteiger partial charge in [0.25, 0.3) is 5.91 Å². The first-order valence-corrected chi connectivity index (χ1v) is 8.12. The average molecular weight is 359 g/mol. The number of hydrogen-bond acceptors (Lipinski definition) is 4.